The Bertz CT molecular complexity index is 2920. The molecule has 0 aliphatic heterocycles. The zero-order valence-corrected chi connectivity index (χ0v) is 29.6. The molecular weight excluding hydrogens is 629 g/mol. The summed E-state index contributed by atoms with van der Waals surface area (Å²) in [6, 6.07) is 72.2. The number of benzene rings is 10. The van der Waals surface area contributed by atoms with Crippen molar-refractivity contribution in [3.63, 3.8) is 0 Å². The van der Waals surface area contributed by atoms with Gasteiger partial charge in [0, 0.05) is 0 Å². The molecule has 0 N–H and O–H groups in total. The van der Waals surface area contributed by atoms with Crippen molar-refractivity contribution >= 4 is 73.8 Å². The summed E-state index contributed by atoms with van der Waals surface area (Å²) in [5.74, 6) is 0. The number of fused-ring (bicyclic) bond motifs is 6. The molecule has 0 unspecified atom stereocenters. The lowest BCUT2D eigenvalue weighted by Crippen LogP contribution is -2.26. The van der Waals surface area contributed by atoms with Crippen molar-refractivity contribution in [2.75, 3.05) is 0 Å². The Morgan fingerprint density at radius 2 is 0.824 bits per heavy atom. The minimum atomic E-state index is -0.665. The van der Waals surface area contributed by atoms with E-state index in [0.29, 0.717) is 0 Å². The van der Waals surface area contributed by atoms with Crippen LogP contribution in [0, 0.1) is 0 Å². The maximum Gasteiger partial charge on any atom is 0.0875 e. The molecule has 10 rings (SSSR count). The Hall–Kier alpha value is -6.28. The molecule has 0 heterocycles. The molecule has 0 aliphatic carbocycles. The van der Waals surface area contributed by atoms with Crippen molar-refractivity contribution in [2.45, 2.75) is 0 Å². The summed E-state index contributed by atoms with van der Waals surface area (Å²) in [6.45, 7) is 0. The van der Waals surface area contributed by atoms with Gasteiger partial charge in [-0.1, -0.05) is 192 Å². The Kier molecular flexibility index (Phi) is 7.11. The number of rotatable bonds is 5. The number of hydrogen-bond donors (Lipinski definition) is 0. The van der Waals surface area contributed by atoms with E-state index in [1.165, 1.54) is 97.6 Å². The van der Waals surface area contributed by atoms with Gasteiger partial charge in [0.1, 0.15) is 0 Å². The van der Waals surface area contributed by atoms with E-state index in [-0.39, 0.29) is 0 Å². The van der Waals surface area contributed by atoms with Gasteiger partial charge in [0.25, 0.3) is 0 Å². The molecule has 238 valence electrons. The van der Waals surface area contributed by atoms with Crippen LogP contribution in [-0.4, -0.2) is 9.52 Å². The van der Waals surface area contributed by atoms with E-state index < -0.39 is 9.52 Å². The third-order valence-corrected chi connectivity index (χ3v) is 12.4. The van der Waals surface area contributed by atoms with Gasteiger partial charge in [-0.2, -0.15) is 0 Å². The van der Waals surface area contributed by atoms with Crippen molar-refractivity contribution in [1.29, 1.82) is 0 Å². The van der Waals surface area contributed by atoms with Gasteiger partial charge in [0.05, 0.1) is 9.52 Å². The predicted octanol–water partition coefficient (Wildman–Crippen LogP) is 11.6. The molecule has 0 aromatic heterocycles. The van der Waals surface area contributed by atoms with E-state index in [0.717, 1.165) is 0 Å². The SMILES string of the molecule is c1ccc([SiH2]c2ccc3c(-c4cc5ccccc5c5ccccc45)c4ccccc4c(-c4ccc(-c5ccc6ccccc6c5)cc4)c3c2)cc1. The molecule has 0 bridgehead atoms. The molecule has 0 saturated carbocycles. The van der Waals surface area contributed by atoms with Crippen LogP contribution in [0.3, 0.4) is 0 Å². The molecule has 0 aliphatic rings. The molecule has 0 atom stereocenters. The van der Waals surface area contributed by atoms with Crippen LogP contribution < -0.4 is 10.4 Å². The minimum absolute atomic E-state index is 0.665. The van der Waals surface area contributed by atoms with Gasteiger partial charge < -0.3 is 0 Å². The second kappa shape index (κ2) is 12.2. The molecule has 10 aromatic rings. The largest absolute Gasteiger partial charge is 0.0875 e. The first-order chi connectivity index (χ1) is 25.3. The van der Waals surface area contributed by atoms with Crippen LogP contribution in [0.2, 0.25) is 0 Å². The topological polar surface area (TPSA) is 0 Å². The van der Waals surface area contributed by atoms with Crippen LogP contribution in [0.1, 0.15) is 0 Å². The van der Waals surface area contributed by atoms with Crippen molar-refractivity contribution in [3.8, 4) is 33.4 Å². The Labute approximate surface area is 300 Å². The first-order valence-electron chi connectivity index (χ1n) is 17.8. The summed E-state index contributed by atoms with van der Waals surface area (Å²) in [4.78, 5) is 0. The highest BCUT2D eigenvalue weighted by atomic mass is 28.2. The summed E-state index contributed by atoms with van der Waals surface area (Å²) >= 11 is 0. The Morgan fingerprint density at radius 1 is 0.255 bits per heavy atom. The second-order valence-electron chi connectivity index (χ2n) is 13.7. The van der Waals surface area contributed by atoms with Crippen LogP contribution >= 0.6 is 0 Å². The summed E-state index contributed by atoms with van der Waals surface area (Å²) in [6.07, 6.45) is 0. The molecule has 0 saturated heterocycles. The minimum Gasteiger partial charge on any atom is -0.0633 e. The lowest BCUT2D eigenvalue weighted by Gasteiger charge is -2.20. The lowest BCUT2D eigenvalue weighted by atomic mass is 9.83. The van der Waals surface area contributed by atoms with Crippen LogP contribution in [0.15, 0.2) is 194 Å². The van der Waals surface area contributed by atoms with E-state index in [1.54, 1.807) is 0 Å². The van der Waals surface area contributed by atoms with Gasteiger partial charge in [-0.25, -0.2) is 0 Å². The molecule has 0 spiro atoms. The standard InChI is InChI=1S/C50H34Si/c1-2-15-39(16-3-1)51-40-28-29-46-48(32-40)49(35-25-22-34(23-26-35)37-27-24-33-12-4-5-13-36(33)30-37)44-20-10-11-21-45(44)50(46)47-31-38-14-6-7-17-41(38)42-18-8-9-19-43(42)47/h1-32H,51H2. The first-order valence-corrected chi connectivity index (χ1v) is 19.2. The number of hydrogen-bond acceptors (Lipinski definition) is 0. The van der Waals surface area contributed by atoms with Gasteiger partial charge in [-0.15, -0.1) is 0 Å². The van der Waals surface area contributed by atoms with Crippen LogP contribution in [0.4, 0.5) is 0 Å². The van der Waals surface area contributed by atoms with E-state index in [1.807, 2.05) is 0 Å². The highest BCUT2D eigenvalue weighted by Gasteiger charge is 2.20. The van der Waals surface area contributed by atoms with Gasteiger partial charge in [0.2, 0.25) is 0 Å². The van der Waals surface area contributed by atoms with Crippen molar-refractivity contribution in [3.05, 3.63) is 194 Å². The monoisotopic (exact) mass is 662 g/mol. The van der Waals surface area contributed by atoms with Crippen LogP contribution in [-0.2, 0) is 0 Å². The van der Waals surface area contributed by atoms with Crippen molar-refractivity contribution in [1.82, 2.24) is 0 Å². The Morgan fingerprint density at radius 3 is 1.61 bits per heavy atom. The highest BCUT2D eigenvalue weighted by molar-refractivity contribution is 6.67. The van der Waals surface area contributed by atoms with Gasteiger partial charge in [-0.05, 0) is 99.4 Å². The van der Waals surface area contributed by atoms with E-state index in [4.69, 9.17) is 0 Å². The maximum atomic E-state index is 2.51. The molecule has 1 heteroatoms. The summed E-state index contributed by atoms with van der Waals surface area (Å²) in [5, 5.41) is 15.8. The van der Waals surface area contributed by atoms with Crippen LogP contribution in [0.25, 0.3) is 87.2 Å². The molecule has 0 fully saturated rings. The average molecular weight is 663 g/mol. The smallest absolute Gasteiger partial charge is 0.0633 e. The fraction of sp³-hybridized carbons (Fsp3) is 0. The molecule has 10 aromatic carbocycles. The van der Waals surface area contributed by atoms with Gasteiger partial charge >= 0.3 is 0 Å². The summed E-state index contributed by atoms with van der Waals surface area (Å²) in [7, 11) is -0.665. The quantitative estimate of drug-likeness (QED) is 0.0977. The molecule has 0 radical (unpaired) electrons. The second-order valence-corrected chi connectivity index (χ2v) is 15.7. The molecular formula is C50H34Si. The third-order valence-electron chi connectivity index (χ3n) is 10.6. The van der Waals surface area contributed by atoms with E-state index in [2.05, 4.69) is 194 Å². The summed E-state index contributed by atoms with van der Waals surface area (Å²) < 4.78 is 0. The Balaban J connectivity index is 1.24. The van der Waals surface area contributed by atoms with Gasteiger partial charge in [-0.3, -0.25) is 0 Å². The van der Waals surface area contributed by atoms with Crippen LogP contribution in [0.5, 0.6) is 0 Å². The average Bonchev–Trinajstić information content (AvgIpc) is 3.20. The van der Waals surface area contributed by atoms with E-state index in [9.17, 15) is 0 Å². The first kappa shape index (κ1) is 29.6. The highest BCUT2D eigenvalue weighted by Crippen LogP contribution is 2.46. The molecule has 51 heavy (non-hydrogen) atoms. The van der Waals surface area contributed by atoms with Crippen molar-refractivity contribution in [2.24, 2.45) is 0 Å². The predicted molar refractivity (Wildman–Crippen MR) is 225 cm³/mol. The van der Waals surface area contributed by atoms with Crippen molar-refractivity contribution < 1.29 is 0 Å². The zero-order valence-electron chi connectivity index (χ0n) is 28.2. The molecule has 0 nitrogen and oxygen atoms in total. The zero-order chi connectivity index (χ0) is 33.7. The normalized spacial score (nSPS) is 11.8. The molecule has 0 amide bonds. The maximum absolute atomic E-state index is 2.51. The van der Waals surface area contributed by atoms with E-state index >= 15 is 0 Å². The lowest BCUT2D eigenvalue weighted by molar-refractivity contribution is 1.63. The van der Waals surface area contributed by atoms with Gasteiger partial charge in [0.15, 0.2) is 0 Å². The third kappa shape index (κ3) is 5.14. The fourth-order valence-electron chi connectivity index (χ4n) is 8.23. The summed E-state index contributed by atoms with van der Waals surface area (Å²) in [5.41, 5.74) is 7.63. The fourth-order valence-corrected chi connectivity index (χ4v) is 9.75.